The third-order valence-electron chi connectivity index (χ3n) is 4.06. The van der Waals surface area contributed by atoms with Gasteiger partial charge in [0.25, 0.3) is 0 Å². The maximum absolute atomic E-state index is 12.0. The van der Waals surface area contributed by atoms with Crippen LogP contribution in [0.15, 0.2) is 24.3 Å². The Balaban J connectivity index is 2.02. The molecule has 1 aromatic rings. The molecule has 25 heavy (non-hydrogen) atoms. The SMILES string of the molecule is CC(NC(=O)OC(C)(C)C)N1CCCCC1C#Cc1ccc(N)cc1. The van der Waals surface area contributed by atoms with Gasteiger partial charge in [0.15, 0.2) is 0 Å². The lowest BCUT2D eigenvalue weighted by molar-refractivity contribution is 0.0380. The van der Waals surface area contributed by atoms with Gasteiger partial charge in [-0.2, -0.15) is 0 Å². The highest BCUT2D eigenvalue weighted by Crippen LogP contribution is 2.19. The van der Waals surface area contributed by atoms with Crippen LogP contribution < -0.4 is 11.1 Å². The molecule has 1 aliphatic heterocycles. The van der Waals surface area contributed by atoms with Crippen molar-refractivity contribution in [2.45, 2.75) is 64.8 Å². The van der Waals surface area contributed by atoms with E-state index >= 15 is 0 Å². The number of nitrogen functional groups attached to an aromatic ring is 1. The number of ether oxygens (including phenoxy) is 1. The van der Waals surface area contributed by atoms with E-state index in [0.717, 1.165) is 37.1 Å². The van der Waals surface area contributed by atoms with E-state index in [0.29, 0.717) is 0 Å². The predicted octanol–water partition coefficient (Wildman–Crippen LogP) is 3.35. The van der Waals surface area contributed by atoms with Gasteiger partial charge in [-0.1, -0.05) is 11.8 Å². The number of hydrogen-bond acceptors (Lipinski definition) is 4. The molecule has 0 aromatic heterocycles. The summed E-state index contributed by atoms with van der Waals surface area (Å²) < 4.78 is 5.35. The fraction of sp³-hybridized carbons (Fsp3) is 0.550. The Morgan fingerprint density at radius 1 is 1.32 bits per heavy atom. The van der Waals surface area contributed by atoms with E-state index in [4.69, 9.17) is 10.5 Å². The Morgan fingerprint density at radius 3 is 2.64 bits per heavy atom. The van der Waals surface area contributed by atoms with Crippen molar-refractivity contribution in [2.75, 3.05) is 12.3 Å². The Labute approximate surface area is 150 Å². The third kappa shape index (κ3) is 6.32. The number of likely N-dealkylation sites (tertiary alicyclic amines) is 1. The lowest BCUT2D eigenvalue weighted by Crippen LogP contribution is -2.53. The van der Waals surface area contributed by atoms with E-state index in [-0.39, 0.29) is 12.2 Å². The summed E-state index contributed by atoms with van der Waals surface area (Å²) >= 11 is 0. The zero-order chi connectivity index (χ0) is 18.4. The van der Waals surface area contributed by atoms with Crippen LogP contribution in [0.1, 0.15) is 52.5 Å². The standard InChI is InChI=1S/C20H29N3O2/c1-15(22-19(24)25-20(2,3)4)23-14-6-5-7-18(23)13-10-16-8-11-17(21)12-9-16/h8-9,11-12,15,18H,5-7,14,21H2,1-4H3,(H,22,24). The number of amides is 1. The summed E-state index contributed by atoms with van der Waals surface area (Å²) in [5.74, 6) is 6.58. The van der Waals surface area contributed by atoms with Gasteiger partial charge >= 0.3 is 6.09 Å². The number of piperidine rings is 1. The number of nitrogens with zero attached hydrogens (tertiary/aromatic N) is 1. The number of benzene rings is 1. The summed E-state index contributed by atoms with van der Waals surface area (Å²) in [6.45, 7) is 8.47. The maximum Gasteiger partial charge on any atom is 0.408 e. The fourth-order valence-electron chi connectivity index (χ4n) is 2.87. The molecule has 2 unspecified atom stereocenters. The van der Waals surface area contributed by atoms with Crippen LogP contribution in [0, 0.1) is 11.8 Å². The lowest BCUT2D eigenvalue weighted by Gasteiger charge is -2.37. The average Bonchev–Trinajstić information content (AvgIpc) is 2.52. The number of alkyl carbamates (subject to hydrolysis) is 1. The molecule has 1 aliphatic rings. The van der Waals surface area contributed by atoms with Crippen molar-refractivity contribution in [3.63, 3.8) is 0 Å². The van der Waals surface area contributed by atoms with Crippen molar-refractivity contribution < 1.29 is 9.53 Å². The van der Waals surface area contributed by atoms with Gasteiger partial charge in [-0.3, -0.25) is 4.90 Å². The van der Waals surface area contributed by atoms with E-state index in [1.165, 1.54) is 0 Å². The van der Waals surface area contributed by atoms with Gasteiger partial charge in [0, 0.05) is 17.8 Å². The molecule has 136 valence electrons. The van der Waals surface area contributed by atoms with E-state index in [2.05, 4.69) is 22.1 Å². The van der Waals surface area contributed by atoms with Crippen molar-refractivity contribution >= 4 is 11.8 Å². The number of nitrogens with two attached hydrogens (primary N) is 1. The normalized spacial score (nSPS) is 19.4. The zero-order valence-corrected chi connectivity index (χ0v) is 15.6. The van der Waals surface area contributed by atoms with Gasteiger partial charge in [-0.15, -0.1) is 0 Å². The van der Waals surface area contributed by atoms with Crippen molar-refractivity contribution in [1.82, 2.24) is 10.2 Å². The molecule has 1 saturated heterocycles. The smallest absolute Gasteiger partial charge is 0.408 e. The van der Waals surface area contributed by atoms with Gasteiger partial charge in [0.1, 0.15) is 5.60 Å². The first-order valence-corrected chi connectivity index (χ1v) is 8.87. The lowest BCUT2D eigenvalue weighted by atomic mass is 10.0. The highest BCUT2D eigenvalue weighted by Gasteiger charge is 2.27. The fourth-order valence-corrected chi connectivity index (χ4v) is 2.87. The van der Waals surface area contributed by atoms with E-state index in [1.54, 1.807) is 0 Å². The zero-order valence-electron chi connectivity index (χ0n) is 15.6. The molecule has 0 bridgehead atoms. The average molecular weight is 343 g/mol. The van der Waals surface area contributed by atoms with E-state index in [9.17, 15) is 4.79 Å². The summed E-state index contributed by atoms with van der Waals surface area (Å²) in [5, 5.41) is 2.92. The molecular formula is C20H29N3O2. The van der Waals surface area contributed by atoms with Crippen LogP contribution in [-0.2, 0) is 4.74 Å². The second kappa shape index (κ2) is 8.26. The van der Waals surface area contributed by atoms with Crippen LogP contribution in [0.25, 0.3) is 0 Å². The Hall–Kier alpha value is -2.19. The Bertz CT molecular complexity index is 638. The van der Waals surface area contributed by atoms with Crippen LogP contribution in [0.4, 0.5) is 10.5 Å². The summed E-state index contributed by atoms with van der Waals surface area (Å²) in [4.78, 5) is 14.3. The summed E-state index contributed by atoms with van der Waals surface area (Å²) in [6, 6.07) is 7.69. The monoisotopic (exact) mass is 343 g/mol. The molecule has 0 aliphatic carbocycles. The minimum atomic E-state index is -0.500. The highest BCUT2D eigenvalue weighted by atomic mass is 16.6. The largest absolute Gasteiger partial charge is 0.444 e. The van der Waals surface area contributed by atoms with E-state index < -0.39 is 11.7 Å². The first-order chi connectivity index (χ1) is 11.7. The number of rotatable bonds is 2. The molecule has 1 amide bonds. The molecule has 0 radical (unpaired) electrons. The quantitative estimate of drug-likeness (QED) is 0.638. The van der Waals surface area contributed by atoms with Crippen molar-refractivity contribution in [3.05, 3.63) is 29.8 Å². The second-order valence-electron chi connectivity index (χ2n) is 7.46. The number of carbonyl (C=O) groups excluding carboxylic acids is 1. The number of anilines is 1. The van der Waals surface area contributed by atoms with Gasteiger partial charge in [-0.05, 0) is 71.2 Å². The van der Waals surface area contributed by atoms with Crippen molar-refractivity contribution in [2.24, 2.45) is 0 Å². The van der Waals surface area contributed by atoms with Crippen LogP contribution in [0.3, 0.4) is 0 Å². The molecule has 5 nitrogen and oxygen atoms in total. The number of nitrogens with one attached hydrogen (secondary N) is 1. The molecule has 2 rings (SSSR count). The molecule has 1 aromatic carbocycles. The Kier molecular flexibility index (Phi) is 6.33. The topological polar surface area (TPSA) is 67.6 Å². The van der Waals surface area contributed by atoms with Crippen molar-refractivity contribution in [3.8, 4) is 11.8 Å². The second-order valence-corrected chi connectivity index (χ2v) is 7.46. The first kappa shape index (κ1) is 19.1. The van der Waals surface area contributed by atoms with Crippen molar-refractivity contribution in [1.29, 1.82) is 0 Å². The minimum absolute atomic E-state index is 0.122. The summed E-state index contributed by atoms with van der Waals surface area (Å²) in [7, 11) is 0. The highest BCUT2D eigenvalue weighted by molar-refractivity contribution is 5.68. The molecule has 2 atom stereocenters. The van der Waals surface area contributed by atoms with Crippen LogP contribution >= 0.6 is 0 Å². The summed E-state index contributed by atoms with van der Waals surface area (Å²) in [6.07, 6.45) is 2.75. The molecule has 3 N–H and O–H groups in total. The molecule has 1 fully saturated rings. The maximum atomic E-state index is 12.0. The molecular weight excluding hydrogens is 314 g/mol. The van der Waals surface area contributed by atoms with Crippen LogP contribution in [0.2, 0.25) is 0 Å². The molecule has 5 heteroatoms. The minimum Gasteiger partial charge on any atom is -0.444 e. The molecule has 1 heterocycles. The number of hydrogen-bond donors (Lipinski definition) is 2. The van der Waals surface area contributed by atoms with Crippen LogP contribution in [0.5, 0.6) is 0 Å². The van der Waals surface area contributed by atoms with Gasteiger partial charge in [-0.25, -0.2) is 4.79 Å². The van der Waals surface area contributed by atoms with Crippen LogP contribution in [-0.4, -0.2) is 35.3 Å². The van der Waals surface area contributed by atoms with Gasteiger partial charge < -0.3 is 15.8 Å². The van der Waals surface area contributed by atoms with Gasteiger partial charge in [0.05, 0.1) is 12.2 Å². The first-order valence-electron chi connectivity index (χ1n) is 8.87. The molecule has 0 spiro atoms. The summed E-state index contributed by atoms with van der Waals surface area (Å²) in [5.41, 5.74) is 6.90. The third-order valence-corrected chi connectivity index (χ3v) is 4.06. The molecule has 0 saturated carbocycles. The number of carbonyl (C=O) groups is 1. The Morgan fingerprint density at radius 2 is 2.00 bits per heavy atom. The van der Waals surface area contributed by atoms with E-state index in [1.807, 2.05) is 52.0 Å². The predicted molar refractivity (Wildman–Crippen MR) is 101 cm³/mol. The van der Waals surface area contributed by atoms with Gasteiger partial charge in [0.2, 0.25) is 0 Å².